The first-order valence-corrected chi connectivity index (χ1v) is 9.29. The maximum absolute atomic E-state index is 13.1. The summed E-state index contributed by atoms with van der Waals surface area (Å²) in [6, 6.07) is 7.61. The first-order chi connectivity index (χ1) is 11.8. The van der Waals surface area contributed by atoms with Crippen LogP contribution in [0.3, 0.4) is 0 Å². The van der Waals surface area contributed by atoms with E-state index in [1.165, 1.54) is 17.4 Å². The Bertz CT molecular complexity index is 777. The molecule has 2 atom stereocenters. The van der Waals surface area contributed by atoms with Gasteiger partial charge < -0.3 is 5.11 Å². The Kier molecular flexibility index (Phi) is 5.22. The second-order valence-electron chi connectivity index (χ2n) is 5.90. The number of aliphatic carboxylic acids is 1. The summed E-state index contributed by atoms with van der Waals surface area (Å²) in [7, 11) is 0. The zero-order valence-electron chi connectivity index (χ0n) is 13.0. The van der Waals surface area contributed by atoms with E-state index in [9.17, 15) is 23.1 Å². The number of benzene rings is 1. The molecule has 1 aromatic heterocycles. The highest BCUT2D eigenvalue weighted by atomic mass is 79.9. The Morgan fingerprint density at radius 1 is 1.32 bits per heavy atom. The van der Waals surface area contributed by atoms with Gasteiger partial charge >= 0.3 is 12.1 Å². The van der Waals surface area contributed by atoms with Gasteiger partial charge in [-0.1, -0.05) is 12.1 Å². The molecule has 2 heterocycles. The maximum atomic E-state index is 13.1. The standard InChI is InChI=1S/C17H15BrF3NO2S/c18-14-7-6-13(25-14)15(22-8-2-5-12(22)16(23)24)10-3-1-4-11(9-10)17(19,20)21/h1,3-4,6-7,9,12,15H,2,5,8H2,(H,23,24). The Labute approximate surface area is 155 Å². The molecule has 2 aromatic rings. The summed E-state index contributed by atoms with van der Waals surface area (Å²) in [5, 5.41) is 9.49. The van der Waals surface area contributed by atoms with Gasteiger partial charge in [0.25, 0.3) is 0 Å². The zero-order valence-corrected chi connectivity index (χ0v) is 15.4. The molecule has 3 nitrogen and oxygen atoms in total. The van der Waals surface area contributed by atoms with Crippen molar-refractivity contribution in [1.29, 1.82) is 0 Å². The first kappa shape index (κ1) is 18.4. The van der Waals surface area contributed by atoms with E-state index in [0.29, 0.717) is 24.9 Å². The molecule has 1 aliphatic heterocycles. The Hall–Kier alpha value is -1.38. The summed E-state index contributed by atoms with van der Waals surface area (Å²) in [5.41, 5.74) is -0.269. The summed E-state index contributed by atoms with van der Waals surface area (Å²) < 4.78 is 40.2. The molecular weight excluding hydrogens is 419 g/mol. The minimum Gasteiger partial charge on any atom is -0.480 e. The van der Waals surface area contributed by atoms with Crippen molar-refractivity contribution in [2.45, 2.75) is 31.1 Å². The smallest absolute Gasteiger partial charge is 0.416 e. The van der Waals surface area contributed by atoms with Gasteiger partial charge in [-0.25, -0.2) is 0 Å². The van der Waals surface area contributed by atoms with E-state index in [-0.39, 0.29) is 0 Å². The predicted octanol–water partition coefficient (Wildman–Crippen LogP) is 5.17. The van der Waals surface area contributed by atoms with Crippen molar-refractivity contribution in [3.63, 3.8) is 0 Å². The molecule has 0 saturated carbocycles. The van der Waals surface area contributed by atoms with Crippen molar-refractivity contribution in [2.75, 3.05) is 6.54 Å². The van der Waals surface area contributed by atoms with Gasteiger partial charge in [0.2, 0.25) is 0 Å². The summed E-state index contributed by atoms with van der Waals surface area (Å²) in [6.45, 7) is 0.535. The number of likely N-dealkylation sites (tertiary alicyclic amines) is 1. The van der Waals surface area contributed by atoms with Gasteiger partial charge in [0.15, 0.2) is 0 Å². The van der Waals surface area contributed by atoms with Gasteiger partial charge in [0, 0.05) is 11.4 Å². The molecule has 0 aliphatic carbocycles. The Morgan fingerprint density at radius 2 is 2.08 bits per heavy atom. The van der Waals surface area contributed by atoms with Crippen LogP contribution in [0.1, 0.15) is 34.9 Å². The van der Waals surface area contributed by atoms with Crippen LogP contribution >= 0.6 is 27.3 Å². The first-order valence-electron chi connectivity index (χ1n) is 7.68. The fourth-order valence-electron chi connectivity index (χ4n) is 3.24. The molecule has 25 heavy (non-hydrogen) atoms. The number of thiophene rings is 1. The van der Waals surface area contributed by atoms with Crippen LogP contribution in [0, 0.1) is 0 Å². The molecule has 0 amide bonds. The highest BCUT2D eigenvalue weighted by molar-refractivity contribution is 9.11. The summed E-state index contributed by atoms with van der Waals surface area (Å²) >= 11 is 4.78. The van der Waals surface area contributed by atoms with Crippen molar-refractivity contribution < 1.29 is 23.1 Å². The minimum absolute atomic E-state index is 0.456. The van der Waals surface area contributed by atoms with Crippen LogP contribution in [0.4, 0.5) is 13.2 Å². The zero-order chi connectivity index (χ0) is 18.2. The average Bonchev–Trinajstić information content (AvgIpc) is 3.17. The molecule has 8 heteroatoms. The summed E-state index contributed by atoms with van der Waals surface area (Å²) in [6.07, 6.45) is -3.23. The fourth-order valence-corrected chi connectivity index (χ4v) is 4.82. The summed E-state index contributed by atoms with van der Waals surface area (Å²) in [4.78, 5) is 14.2. The molecule has 0 spiro atoms. The van der Waals surface area contributed by atoms with Crippen LogP contribution in [-0.2, 0) is 11.0 Å². The van der Waals surface area contributed by atoms with Crippen LogP contribution in [0.2, 0.25) is 0 Å². The third-order valence-electron chi connectivity index (χ3n) is 4.30. The molecule has 1 aromatic carbocycles. The summed E-state index contributed by atoms with van der Waals surface area (Å²) in [5.74, 6) is -0.940. The normalized spacial score (nSPS) is 19.9. The van der Waals surface area contributed by atoms with Crippen molar-refractivity contribution in [3.05, 3.63) is 56.2 Å². The Morgan fingerprint density at radius 3 is 2.68 bits per heavy atom. The van der Waals surface area contributed by atoms with Crippen molar-refractivity contribution in [3.8, 4) is 0 Å². The number of nitrogens with zero attached hydrogens (tertiary/aromatic N) is 1. The van der Waals surface area contributed by atoms with Crippen LogP contribution in [0.15, 0.2) is 40.2 Å². The second kappa shape index (κ2) is 7.09. The quantitative estimate of drug-likeness (QED) is 0.722. The van der Waals surface area contributed by atoms with Crippen LogP contribution in [0.5, 0.6) is 0 Å². The lowest BCUT2D eigenvalue weighted by Crippen LogP contribution is -2.39. The molecule has 134 valence electrons. The van der Waals surface area contributed by atoms with Gasteiger partial charge in [-0.3, -0.25) is 9.69 Å². The van der Waals surface area contributed by atoms with E-state index in [1.54, 1.807) is 11.0 Å². The van der Waals surface area contributed by atoms with E-state index in [2.05, 4.69) is 15.9 Å². The molecular formula is C17H15BrF3NO2S. The number of halogens is 4. The molecule has 1 fully saturated rings. The third kappa shape index (κ3) is 3.91. The number of hydrogen-bond donors (Lipinski definition) is 1. The highest BCUT2D eigenvalue weighted by Crippen LogP contribution is 2.40. The van der Waals surface area contributed by atoms with Gasteiger partial charge in [0.1, 0.15) is 6.04 Å². The molecule has 3 rings (SSSR count). The second-order valence-corrected chi connectivity index (χ2v) is 8.40. The Balaban J connectivity index is 2.08. The van der Waals surface area contributed by atoms with Crippen molar-refractivity contribution in [2.24, 2.45) is 0 Å². The van der Waals surface area contributed by atoms with E-state index in [1.807, 2.05) is 12.1 Å². The molecule has 1 saturated heterocycles. The molecule has 1 N–H and O–H groups in total. The van der Waals surface area contributed by atoms with E-state index in [0.717, 1.165) is 20.8 Å². The predicted molar refractivity (Wildman–Crippen MR) is 92.7 cm³/mol. The average molecular weight is 434 g/mol. The lowest BCUT2D eigenvalue weighted by molar-refractivity contribution is -0.143. The van der Waals surface area contributed by atoms with E-state index in [4.69, 9.17) is 0 Å². The van der Waals surface area contributed by atoms with Crippen molar-refractivity contribution >= 4 is 33.2 Å². The fraction of sp³-hybridized carbons (Fsp3) is 0.353. The number of carbonyl (C=O) groups is 1. The van der Waals surface area contributed by atoms with E-state index < -0.39 is 29.8 Å². The number of rotatable bonds is 4. The molecule has 2 unspecified atom stereocenters. The topological polar surface area (TPSA) is 40.5 Å². The van der Waals surface area contributed by atoms with Crippen LogP contribution < -0.4 is 0 Å². The van der Waals surface area contributed by atoms with Gasteiger partial charge in [-0.05, 0) is 58.6 Å². The third-order valence-corrected chi connectivity index (χ3v) is 5.98. The van der Waals surface area contributed by atoms with Gasteiger partial charge in [0.05, 0.1) is 15.4 Å². The molecule has 1 aliphatic rings. The number of carboxylic acid groups (broad SMARTS) is 1. The number of carboxylic acids is 1. The van der Waals surface area contributed by atoms with Crippen molar-refractivity contribution in [1.82, 2.24) is 4.90 Å². The van der Waals surface area contributed by atoms with Crippen LogP contribution in [0.25, 0.3) is 0 Å². The molecule has 0 bridgehead atoms. The maximum Gasteiger partial charge on any atom is 0.416 e. The monoisotopic (exact) mass is 433 g/mol. The van der Waals surface area contributed by atoms with Crippen LogP contribution in [-0.4, -0.2) is 28.6 Å². The highest BCUT2D eigenvalue weighted by Gasteiger charge is 2.38. The van der Waals surface area contributed by atoms with Gasteiger partial charge in [-0.2, -0.15) is 13.2 Å². The SMILES string of the molecule is O=C(O)C1CCCN1C(c1cccc(C(F)(F)F)c1)c1ccc(Br)s1. The van der Waals surface area contributed by atoms with Gasteiger partial charge in [-0.15, -0.1) is 11.3 Å². The lowest BCUT2D eigenvalue weighted by atomic mass is 10.00. The number of hydrogen-bond acceptors (Lipinski definition) is 3. The largest absolute Gasteiger partial charge is 0.480 e. The minimum atomic E-state index is -4.44. The molecule has 0 radical (unpaired) electrons. The van der Waals surface area contributed by atoms with E-state index >= 15 is 0 Å². The lowest BCUT2D eigenvalue weighted by Gasteiger charge is -2.31. The number of alkyl halides is 3.